The van der Waals surface area contributed by atoms with Crippen LogP contribution in [0.5, 0.6) is 0 Å². The number of benzene rings is 3. The zero-order valence-electron chi connectivity index (χ0n) is 16.9. The summed E-state index contributed by atoms with van der Waals surface area (Å²) in [5, 5.41) is 21.2. The summed E-state index contributed by atoms with van der Waals surface area (Å²) in [5.74, 6) is -1.20. The summed E-state index contributed by atoms with van der Waals surface area (Å²) in [6.07, 6.45) is 5.36. The Kier molecular flexibility index (Phi) is 6.17. The molecule has 0 saturated heterocycles. The van der Waals surface area contributed by atoms with Crippen molar-refractivity contribution in [1.82, 2.24) is 0 Å². The van der Waals surface area contributed by atoms with Crippen LogP contribution in [0.4, 0.5) is 5.69 Å². The highest BCUT2D eigenvalue weighted by molar-refractivity contribution is 6.15. The van der Waals surface area contributed by atoms with Crippen LogP contribution in [0, 0.1) is 19.3 Å². The summed E-state index contributed by atoms with van der Waals surface area (Å²) in [6.45, 7) is 1.57. The highest BCUT2D eigenvalue weighted by atomic mass is 16.4. The predicted molar refractivity (Wildman–Crippen MR) is 117 cm³/mol. The molecule has 0 spiro atoms. The number of ketones is 1. The Morgan fingerprint density at radius 3 is 2.03 bits per heavy atom. The van der Waals surface area contributed by atoms with Gasteiger partial charge in [0.25, 0.3) is 5.91 Å². The van der Waals surface area contributed by atoms with Crippen molar-refractivity contribution in [1.29, 1.82) is 0 Å². The third-order valence-corrected chi connectivity index (χ3v) is 4.76. The number of aryl methyl sites for hydroxylation is 1. The van der Waals surface area contributed by atoms with Crippen LogP contribution in [0.2, 0.25) is 0 Å². The number of terminal acetylenes is 1. The van der Waals surface area contributed by atoms with E-state index < -0.39 is 23.6 Å². The number of carbonyl (C=O) groups is 4. The molecule has 0 saturated carbocycles. The lowest BCUT2D eigenvalue weighted by Gasteiger charge is -2.11. The fraction of sp³-hybridized carbons (Fsp3) is 0.0400. The van der Waals surface area contributed by atoms with Crippen LogP contribution in [-0.2, 0) is 0 Å². The maximum absolute atomic E-state index is 12.9. The standard InChI is InChI=1S/C25H17NO6/c1-3-15-5-4-6-18(12-15)26-23(28)21-13-17(8-10-20(21)25(31)32)22(27)16-7-9-19(24(29)30)14(2)11-16/h1,4-13H,2H3,(H,26,28)(H,29,30)(H,31,32). The molecule has 0 heterocycles. The number of amides is 1. The van der Waals surface area contributed by atoms with Gasteiger partial charge in [-0.3, -0.25) is 9.59 Å². The molecule has 0 fully saturated rings. The van der Waals surface area contributed by atoms with Gasteiger partial charge in [0.1, 0.15) is 0 Å². The number of hydrogen-bond acceptors (Lipinski definition) is 4. The Morgan fingerprint density at radius 1 is 0.812 bits per heavy atom. The summed E-state index contributed by atoms with van der Waals surface area (Å²) in [7, 11) is 0. The molecule has 0 aliphatic rings. The number of carboxylic acid groups (broad SMARTS) is 2. The van der Waals surface area contributed by atoms with Crippen molar-refractivity contribution in [3.8, 4) is 12.3 Å². The quantitative estimate of drug-likeness (QED) is 0.406. The lowest BCUT2D eigenvalue weighted by molar-refractivity contribution is 0.0684. The van der Waals surface area contributed by atoms with E-state index in [2.05, 4.69) is 11.2 Å². The second kappa shape index (κ2) is 8.98. The van der Waals surface area contributed by atoms with Crippen LogP contribution in [-0.4, -0.2) is 33.8 Å². The van der Waals surface area contributed by atoms with Gasteiger partial charge in [-0.05, 0) is 55.0 Å². The predicted octanol–water partition coefficient (Wildman–Crippen LogP) is 3.86. The van der Waals surface area contributed by atoms with Gasteiger partial charge in [-0.15, -0.1) is 6.42 Å². The third-order valence-electron chi connectivity index (χ3n) is 4.76. The van der Waals surface area contributed by atoms with Crippen molar-refractivity contribution in [2.24, 2.45) is 0 Å². The third kappa shape index (κ3) is 4.55. The smallest absolute Gasteiger partial charge is 0.336 e. The largest absolute Gasteiger partial charge is 0.478 e. The van der Waals surface area contributed by atoms with Crippen LogP contribution in [0.25, 0.3) is 0 Å². The average molecular weight is 427 g/mol. The van der Waals surface area contributed by atoms with E-state index in [0.29, 0.717) is 16.8 Å². The first-order chi connectivity index (χ1) is 15.2. The molecule has 32 heavy (non-hydrogen) atoms. The summed E-state index contributed by atoms with van der Waals surface area (Å²) in [4.78, 5) is 48.6. The summed E-state index contributed by atoms with van der Waals surface area (Å²) >= 11 is 0. The highest BCUT2D eigenvalue weighted by Crippen LogP contribution is 2.20. The lowest BCUT2D eigenvalue weighted by atomic mass is 9.95. The highest BCUT2D eigenvalue weighted by Gasteiger charge is 2.21. The molecule has 7 heteroatoms. The molecule has 0 atom stereocenters. The molecule has 0 aromatic heterocycles. The van der Waals surface area contributed by atoms with E-state index in [0.717, 1.165) is 0 Å². The number of carboxylic acids is 2. The number of aromatic carboxylic acids is 2. The van der Waals surface area contributed by atoms with Gasteiger partial charge in [-0.25, -0.2) is 9.59 Å². The van der Waals surface area contributed by atoms with Crippen LogP contribution in [0.1, 0.15) is 58.1 Å². The van der Waals surface area contributed by atoms with E-state index in [-0.39, 0.29) is 27.8 Å². The van der Waals surface area contributed by atoms with Gasteiger partial charge in [-0.1, -0.05) is 24.1 Å². The first kappa shape index (κ1) is 22.0. The van der Waals surface area contributed by atoms with E-state index in [1.54, 1.807) is 31.2 Å². The van der Waals surface area contributed by atoms with Crippen molar-refractivity contribution in [3.63, 3.8) is 0 Å². The van der Waals surface area contributed by atoms with Gasteiger partial charge in [0.2, 0.25) is 0 Å². The molecule has 1 amide bonds. The van der Waals surface area contributed by atoms with Crippen molar-refractivity contribution >= 4 is 29.3 Å². The van der Waals surface area contributed by atoms with E-state index >= 15 is 0 Å². The molecule has 3 aromatic carbocycles. The second-order valence-corrected chi connectivity index (χ2v) is 6.91. The summed E-state index contributed by atoms with van der Waals surface area (Å²) in [5.41, 5.74) is 1.19. The second-order valence-electron chi connectivity index (χ2n) is 6.91. The molecule has 0 unspecified atom stereocenters. The fourth-order valence-corrected chi connectivity index (χ4v) is 3.16. The van der Waals surface area contributed by atoms with Crippen LogP contribution in [0.15, 0.2) is 60.7 Å². The fourth-order valence-electron chi connectivity index (χ4n) is 3.16. The molecular formula is C25H17NO6. The van der Waals surface area contributed by atoms with Crippen molar-refractivity contribution in [2.45, 2.75) is 6.92 Å². The SMILES string of the molecule is C#Cc1cccc(NC(=O)c2cc(C(=O)c3ccc(C(=O)O)c(C)c3)ccc2C(=O)O)c1. The molecule has 158 valence electrons. The number of rotatable bonds is 6. The molecular weight excluding hydrogens is 410 g/mol. The molecule has 3 N–H and O–H groups in total. The Bertz CT molecular complexity index is 1320. The summed E-state index contributed by atoms with van der Waals surface area (Å²) < 4.78 is 0. The van der Waals surface area contributed by atoms with Crippen LogP contribution in [0.3, 0.4) is 0 Å². The molecule has 0 aliphatic heterocycles. The van der Waals surface area contributed by atoms with Gasteiger partial charge in [0.15, 0.2) is 5.78 Å². The molecule has 0 bridgehead atoms. The first-order valence-corrected chi connectivity index (χ1v) is 9.35. The minimum absolute atomic E-state index is 0.0667. The van der Waals surface area contributed by atoms with E-state index in [1.807, 2.05) is 0 Å². The van der Waals surface area contributed by atoms with Crippen LogP contribution < -0.4 is 5.32 Å². The normalized spacial score (nSPS) is 10.1. The van der Waals surface area contributed by atoms with Crippen molar-refractivity contribution < 1.29 is 29.4 Å². The molecule has 7 nitrogen and oxygen atoms in total. The first-order valence-electron chi connectivity index (χ1n) is 9.35. The van der Waals surface area contributed by atoms with Crippen molar-refractivity contribution in [2.75, 3.05) is 5.32 Å². The Balaban J connectivity index is 1.98. The zero-order chi connectivity index (χ0) is 23.4. The zero-order valence-corrected chi connectivity index (χ0v) is 16.9. The summed E-state index contributed by atoms with van der Waals surface area (Å²) in [6, 6.07) is 14.3. The number of carbonyl (C=O) groups excluding carboxylic acids is 2. The van der Waals surface area contributed by atoms with Crippen LogP contribution >= 0.6 is 0 Å². The van der Waals surface area contributed by atoms with Gasteiger partial charge in [0, 0.05) is 22.4 Å². The molecule has 0 radical (unpaired) electrons. The maximum atomic E-state index is 12.9. The molecule has 3 aromatic rings. The maximum Gasteiger partial charge on any atom is 0.336 e. The van der Waals surface area contributed by atoms with E-state index in [4.69, 9.17) is 11.5 Å². The molecule has 0 aliphatic carbocycles. The Hall–Kier alpha value is -4.70. The minimum atomic E-state index is -1.33. The van der Waals surface area contributed by atoms with Gasteiger partial charge < -0.3 is 15.5 Å². The van der Waals surface area contributed by atoms with E-state index in [1.165, 1.54) is 36.4 Å². The van der Waals surface area contributed by atoms with Crippen molar-refractivity contribution in [3.05, 3.63) is 99.6 Å². The number of hydrogen-bond donors (Lipinski definition) is 3. The minimum Gasteiger partial charge on any atom is -0.478 e. The number of nitrogens with one attached hydrogen (secondary N) is 1. The Morgan fingerprint density at radius 2 is 1.44 bits per heavy atom. The monoisotopic (exact) mass is 427 g/mol. The molecule has 3 rings (SSSR count). The van der Waals surface area contributed by atoms with Gasteiger partial charge in [0.05, 0.1) is 16.7 Å². The number of anilines is 1. The van der Waals surface area contributed by atoms with E-state index in [9.17, 15) is 24.3 Å². The van der Waals surface area contributed by atoms with Gasteiger partial charge in [-0.2, -0.15) is 0 Å². The topological polar surface area (TPSA) is 121 Å². The average Bonchev–Trinajstić information content (AvgIpc) is 2.77. The lowest BCUT2D eigenvalue weighted by Crippen LogP contribution is -2.18. The van der Waals surface area contributed by atoms with Gasteiger partial charge >= 0.3 is 11.9 Å². The Labute approximate surface area is 183 Å².